The van der Waals surface area contributed by atoms with Crippen LogP contribution in [0.5, 0.6) is 5.75 Å². The van der Waals surface area contributed by atoms with E-state index in [9.17, 15) is 4.79 Å². The Hall–Kier alpha value is -3.68. The van der Waals surface area contributed by atoms with Gasteiger partial charge in [-0.3, -0.25) is 0 Å². The lowest BCUT2D eigenvalue weighted by Gasteiger charge is -2.27. The number of anilines is 1. The first-order chi connectivity index (χ1) is 15.8. The summed E-state index contributed by atoms with van der Waals surface area (Å²) in [6.07, 6.45) is 12.0. The zero-order valence-electron chi connectivity index (χ0n) is 17.8. The van der Waals surface area contributed by atoms with Crippen molar-refractivity contribution >= 4 is 28.0 Å². The fourth-order valence-corrected chi connectivity index (χ4v) is 4.11. The average molecular weight is 431 g/mol. The van der Waals surface area contributed by atoms with Crippen LogP contribution in [0, 0.1) is 0 Å². The predicted molar refractivity (Wildman–Crippen MR) is 123 cm³/mol. The van der Waals surface area contributed by atoms with Crippen LogP contribution in [0.4, 0.5) is 5.82 Å². The zero-order valence-corrected chi connectivity index (χ0v) is 17.8. The van der Waals surface area contributed by atoms with Gasteiger partial charge in [0.1, 0.15) is 24.3 Å². The Morgan fingerprint density at radius 2 is 1.94 bits per heavy atom. The maximum Gasteiger partial charge on any atom is 0.339 e. The second kappa shape index (κ2) is 9.21. The van der Waals surface area contributed by atoms with Gasteiger partial charge in [-0.25, -0.2) is 19.7 Å². The summed E-state index contributed by atoms with van der Waals surface area (Å²) in [5, 5.41) is 0.787. The third kappa shape index (κ3) is 4.21. The minimum absolute atomic E-state index is 0.374. The molecule has 0 amide bonds. The molecule has 8 heteroatoms. The minimum Gasteiger partial charge on any atom is -0.488 e. The standard InChI is InChI=1S/C24H25N5O3/c30-21-15-20(18-9-3-4-10-19(18)32-21)31-14-8-2-7-13-29-17-27-22-23(25-16-26-24(22)29)28-11-5-1-6-12-28/h2-4,8-10,15-17H,1,5-7,11-14H2/b8-2+. The van der Waals surface area contributed by atoms with Crippen LogP contribution in [0.3, 0.4) is 0 Å². The Morgan fingerprint density at radius 3 is 2.84 bits per heavy atom. The molecule has 8 nitrogen and oxygen atoms in total. The van der Waals surface area contributed by atoms with E-state index in [-0.39, 0.29) is 0 Å². The first-order valence-corrected chi connectivity index (χ1v) is 11.0. The molecule has 164 valence electrons. The van der Waals surface area contributed by atoms with Crippen LogP contribution in [-0.4, -0.2) is 39.2 Å². The number of aryl methyl sites for hydroxylation is 1. The fraction of sp³-hybridized carbons (Fsp3) is 0.333. The van der Waals surface area contributed by atoms with Crippen LogP contribution in [0.2, 0.25) is 0 Å². The smallest absolute Gasteiger partial charge is 0.339 e. The second-order valence-electron chi connectivity index (χ2n) is 7.85. The molecule has 0 N–H and O–H groups in total. The van der Waals surface area contributed by atoms with Gasteiger partial charge < -0.3 is 18.6 Å². The molecule has 1 aliphatic rings. The normalized spacial score (nSPS) is 14.6. The van der Waals surface area contributed by atoms with Crippen molar-refractivity contribution in [1.82, 2.24) is 19.5 Å². The number of allylic oxidation sites excluding steroid dienone is 1. The third-order valence-corrected chi connectivity index (χ3v) is 5.69. The molecule has 1 saturated heterocycles. The molecule has 1 aliphatic heterocycles. The number of imidazole rings is 1. The van der Waals surface area contributed by atoms with Gasteiger partial charge in [0.25, 0.3) is 0 Å². The van der Waals surface area contributed by atoms with Crippen LogP contribution in [0.25, 0.3) is 22.1 Å². The number of aromatic nitrogens is 4. The lowest BCUT2D eigenvalue weighted by molar-refractivity contribution is 0.362. The van der Waals surface area contributed by atoms with Crippen LogP contribution in [0.15, 0.2) is 64.4 Å². The van der Waals surface area contributed by atoms with Gasteiger partial charge in [-0.15, -0.1) is 0 Å². The molecule has 0 spiro atoms. The van der Waals surface area contributed by atoms with Crippen LogP contribution < -0.4 is 15.3 Å². The fourth-order valence-electron chi connectivity index (χ4n) is 4.11. The van der Waals surface area contributed by atoms with Gasteiger partial charge in [-0.1, -0.05) is 24.3 Å². The summed E-state index contributed by atoms with van der Waals surface area (Å²) >= 11 is 0. The lowest BCUT2D eigenvalue weighted by atomic mass is 10.1. The molecule has 0 aliphatic carbocycles. The number of fused-ring (bicyclic) bond motifs is 2. The van der Waals surface area contributed by atoms with Gasteiger partial charge in [0.05, 0.1) is 17.8 Å². The van der Waals surface area contributed by atoms with E-state index in [0.29, 0.717) is 17.9 Å². The van der Waals surface area contributed by atoms with Crippen LogP contribution in [-0.2, 0) is 6.54 Å². The Labute approximate surface area is 185 Å². The summed E-state index contributed by atoms with van der Waals surface area (Å²) < 4.78 is 13.1. The number of ether oxygens (including phenoxy) is 1. The lowest BCUT2D eigenvalue weighted by Crippen LogP contribution is -2.30. The number of hydrogen-bond acceptors (Lipinski definition) is 7. The number of para-hydroxylation sites is 1. The molecule has 0 atom stereocenters. The summed E-state index contributed by atoms with van der Waals surface area (Å²) in [6, 6.07) is 8.74. The number of rotatable bonds is 7. The van der Waals surface area contributed by atoms with Gasteiger partial charge in [-0.2, -0.15) is 0 Å². The molecule has 1 aromatic carbocycles. The summed E-state index contributed by atoms with van der Waals surface area (Å²) in [4.78, 5) is 27.6. The van der Waals surface area contributed by atoms with Gasteiger partial charge in [0, 0.05) is 19.6 Å². The van der Waals surface area contributed by atoms with Crippen molar-refractivity contribution in [3.63, 3.8) is 0 Å². The molecular weight excluding hydrogens is 406 g/mol. The largest absolute Gasteiger partial charge is 0.488 e. The van der Waals surface area contributed by atoms with E-state index in [1.807, 2.05) is 30.6 Å². The highest BCUT2D eigenvalue weighted by atomic mass is 16.5. The second-order valence-corrected chi connectivity index (χ2v) is 7.85. The van der Waals surface area contributed by atoms with Crippen LogP contribution >= 0.6 is 0 Å². The molecule has 0 unspecified atom stereocenters. The molecule has 5 rings (SSSR count). The van der Waals surface area contributed by atoms with Crippen molar-refractivity contribution in [2.75, 3.05) is 24.6 Å². The van der Waals surface area contributed by atoms with Crippen molar-refractivity contribution < 1.29 is 9.15 Å². The average Bonchev–Trinajstić information content (AvgIpc) is 3.25. The first kappa shape index (κ1) is 20.2. The molecule has 32 heavy (non-hydrogen) atoms. The molecule has 3 aromatic heterocycles. The van der Waals surface area contributed by atoms with E-state index < -0.39 is 5.63 Å². The Balaban J connectivity index is 1.20. The van der Waals surface area contributed by atoms with E-state index in [4.69, 9.17) is 9.15 Å². The highest BCUT2D eigenvalue weighted by Gasteiger charge is 2.17. The van der Waals surface area contributed by atoms with Crippen molar-refractivity contribution in [3.8, 4) is 5.75 Å². The number of nitrogens with zero attached hydrogens (tertiary/aromatic N) is 5. The third-order valence-electron chi connectivity index (χ3n) is 5.69. The molecular formula is C24H25N5O3. The van der Waals surface area contributed by atoms with Crippen molar-refractivity contribution in [1.29, 1.82) is 0 Å². The van der Waals surface area contributed by atoms with E-state index in [1.165, 1.54) is 25.3 Å². The topological polar surface area (TPSA) is 86.3 Å². The van der Waals surface area contributed by atoms with E-state index in [2.05, 4.69) is 30.5 Å². The zero-order chi connectivity index (χ0) is 21.8. The van der Waals surface area contributed by atoms with Crippen LogP contribution in [0.1, 0.15) is 25.7 Å². The van der Waals surface area contributed by atoms with Gasteiger partial charge in [0.15, 0.2) is 17.0 Å². The predicted octanol–water partition coefficient (Wildman–Crippen LogP) is 3.95. The molecule has 1 fully saturated rings. The Kier molecular flexibility index (Phi) is 5.83. The SMILES string of the molecule is O=c1cc(OC/C=C/CCn2cnc3c(N4CCCCC4)ncnc32)c2ccccc2o1. The summed E-state index contributed by atoms with van der Waals surface area (Å²) in [5.41, 5.74) is 1.85. The minimum atomic E-state index is -0.416. The molecule has 0 saturated carbocycles. The van der Waals surface area contributed by atoms with Crippen molar-refractivity contribution in [2.45, 2.75) is 32.2 Å². The van der Waals surface area contributed by atoms with Crippen molar-refractivity contribution in [2.24, 2.45) is 0 Å². The van der Waals surface area contributed by atoms with E-state index in [1.54, 1.807) is 12.4 Å². The highest BCUT2D eigenvalue weighted by Crippen LogP contribution is 2.25. The Bertz CT molecular complexity index is 1300. The maximum absolute atomic E-state index is 11.7. The number of benzene rings is 1. The summed E-state index contributed by atoms with van der Waals surface area (Å²) in [6.45, 7) is 3.20. The summed E-state index contributed by atoms with van der Waals surface area (Å²) in [7, 11) is 0. The maximum atomic E-state index is 11.7. The highest BCUT2D eigenvalue weighted by molar-refractivity contribution is 5.83. The number of piperidine rings is 1. The molecule has 0 radical (unpaired) electrons. The summed E-state index contributed by atoms with van der Waals surface area (Å²) in [5.74, 6) is 1.47. The first-order valence-electron chi connectivity index (χ1n) is 11.0. The van der Waals surface area contributed by atoms with E-state index >= 15 is 0 Å². The van der Waals surface area contributed by atoms with Gasteiger partial charge >= 0.3 is 5.63 Å². The Morgan fingerprint density at radius 1 is 1.06 bits per heavy atom. The van der Waals surface area contributed by atoms with E-state index in [0.717, 1.165) is 48.4 Å². The number of hydrogen-bond donors (Lipinski definition) is 0. The van der Waals surface area contributed by atoms with Crippen molar-refractivity contribution in [3.05, 3.63) is 65.6 Å². The monoisotopic (exact) mass is 431 g/mol. The van der Waals surface area contributed by atoms with Gasteiger partial charge in [-0.05, 0) is 37.8 Å². The van der Waals surface area contributed by atoms with Gasteiger partial charge in [0.2, 0.25) is 0 Å². The molecule has 0 bridgehead atoms. The quantitative estimate of drug-likeness (QED) is 0.323. The molecule has 4 heterocycles. The molecule has 4 aromatic rings.